The first-order valence-corrected chi connectivity index (χ1v) is 9.20. The molecule has 27 heavy (non-hydrogen) atoms. The van der Waals surface area contributed by atoms with Crippen LogP contribution in [0.15, 0.2) is 53.9 Å². The number of thiophene rings is 1. The number of nitrogens with zero attached hydrogens (tertiary/aromatic N) is 1. The standard InChI is InChI=1S/C19H15ClN2O4S/c1-12-2-5-15(6-3-12)26-10-13-8-18(27-11-13)19(23)21-17-7-4-14(22(24)25)9-16(17)20/h2-9,11H,10H2,1H3,(H,21,23). The number of hydrogen-bond donors (Lipinski definition) is 1. The summed E-state index contributed by atoms with van der Waals surface area (Å²) in [5.74, 6) is 0.424. The molecule has 1 heterocycles. The first kappa shape index (κ1) is 18.9. The molecule has 0 unspecified atom stereocenters. The lowest BCUT2D eigenvalue weighted by Gasteiger charge is -2.06. The Kier molecular flexibility index (Phi) is 5.73. The zero-order chi connectivity index (χ0) is 19.4. The number of nitro benzene ring substituents is 1. The minimum atomic E-state index is -0.545. The van der Waals surface area contributed by atoms with Gasteiger partial charge in [0.15, 0.2) is 0 Å². The minimum Gasteiger partial charge on any atom is -0.489 e. The van der Waals surface area contributed by atoms with Gasteiger partial charge in [0.2, 0.25) is 0 Å². The molecule has 0 saturated carbocycles. The van der Waals surface area contributed by atoms with E-state index in [9.17, 15) is 14.9 Å². The molecule has 3 aromatic rings. The zero-order valence-corrected chi connectivity index (χ0v) is 15.8. The molecule has 0 spiro atoms. The van der Waals surface area contributed by atoms with E-state index in [-0.39, 0.29) is 16.6 Å². The second-order valence-corrected chi connectivity index (χ2v) is 7.11. The highest BCUT2D eigenvalue weighted by Gasteiger charge is 2.14. The number of halogens is 1. The molecule has 0 aliphatic carbocycles. The fraction of sp³-hybridized carbons (Fsp3) is 0.105. The van der Waals surface area contributed by atoms with E-state index < -0.39 is 4.92 Å². The van der Waals surface area contributed by atoms with E-state index >= 15 is 0 Å². The third kappa shape index (κ3) is 4.84. The summed E-state index contributed by atoms with van der Waals surface area (Å²) in [6, 6.07) is 13.4. The summed E-state index contributed by atoms with van der Waals surface area (Å²) in [5, 5.41) is 15.4. The van der Waals surface area contributed by atoms with E-state index in [0.29, 0.717) is 17.2 Å². The van der Waals surface area contributed by atoms with Gasteiger partial charge in [-0.05, 0) is 36.6 Å². The summed E-state index contributed by atoms with van der Waals surface area (Å²) < 4.78 is 5.70. The summed E-state index contributed by atoms with van der Waals surface area (Å²) in [6.07, 6.45) is 0. The van der Waals surface area contributed by atoms with E-state index in [2.05, 4.69) is 5.32 Å². The number of aryl methyl sites for hydroxylation is 1. The van der Waals surface area contributed by atoms with Crippen LogP contribution in [-0.4, -0.2) is 10.8 Å². The van der Waals surface area contributed by atoms with E-state index in [1.807, 2.05) is 36.6 Å². The summed E-state index contributed by atoms with van der Waals surface area (Å²) in [4.78, 5) is 23.1. The number of benzene rings is 2. The molecule has 1 amide bonds. The molecular formula is C19H15ClN2O4S. The Bertz CT molecular complexity index is 986. The molecule has 0 atom stereocenters. The summed E-state index contributed by atoms with van der Waals surface area (Å²) in [5.41, 5.74) is 2.21. The van der Waals surface area contributed by atoms with Crippen LogP contribution in [0.2, 0.25) is 5.02 Å². The van der Waals surface area contributed by atoms with Crippen molar-refractivity contribution >= 4 is 40.2 Å². The molecule has 0 fully saturated rings. The van der Waals surface area contributed by atoms with Crippen LogP contribution in [-0.2, 0) is 6.61 Å². The number of carbonyl (C=O) groups excluding carboxylic acids is 1. The quantitative estimate of drug-likeness (QED) is 0.439. The Morgan fingerprint density at radius 3 is 2.63 bits per heavy atom. The molecule has 138 valence electrons. The Morgan fingerprint density at radius 2 is 1.96 bits per heavy atom. The molecule has 0 aliphatic rings. The SMILES string of the molecule is Cc1ccc(OCc2csc(C(=O)Nc3ccc([N+](=O)[O-])cc3Cl)c2)cc1. The van der Waals surface area contributed by atoms with Crippen molar-refractivity contribution in [3.05, 3.63) is 85.1 Å². The Morgan fingerprint density at radius 1 is 1.22 bits per heavy atom. The van der Waals surface area contributed by atoms with Crippen LogP contribution in [0.25, 0.3) is 0 Å². The van der Waals surface area contributed by atoms with Gasteiger partial charge in [0.25, 0.3) is 11.6 Å². The monoisotopic (exact) mass is 402 g/mol. The molecule has 2 aromatic carbocycles. The highest BCUT2D eigenvalue weighted by Crippen LogP contribution is 2.28. The normalized spacial score (nSPS) is 10.4. The molecule has 0 bridgehead atoms. The van der Waals surface area contributed by atoms with Crippen LogP contribution in [0.4, 0.5) is 11.4 Å². The number of non-ortho nitro benzene ring substituents is 1. The van der Waals surface area contributed by atoms with Crippen molar-refractivity contribution < 1.29 is 14.5 Å². The predicted octanol–water partition coefficient (Wildman–Crippen LogP) is 5.45. The highest BCUT2D eigenvalue weighted by atomic mass is 35.5. The molecule has 8 heteroatoms. The van der Waals surface area contributed by atoms with E-state index in [1.165, 1.54) is 29.5 Å². The molecule has 1 N–H and O–H groups in total. The number of amides is 1. The van der Waals surface area contributed by atoms with Gasteiger partial charge in [0.05, 0.1) is 20.5 Å². The number of carbonyl (C=O) groups is 1. The van der Waals surface area contributed by atoms with Crippen LogP contribution >= 0.6 is 22.9 Å². The maximum absolute atomic E-state index is 12.4. The van der Waals surface area contributed by atoms with Crippen molar-refractivity contribution in [2.75, 3.05) is 5.32 Å². The molecule has 6 nitrogen and oxygen atoms in total. The van der Waals surface area contributed by atoms with Crippen molar-refractivity contribution in [3.63, 3.8) is 0 Å². The van der Waals surface area contributed by atoms with Gasteiger partial charge in [0, 0.05) is 17.7 Å². The Hall–Kier alpha value is -2.90. The van der Waals surface area contributed by atoms with Crippen LogP contribution < -0.4 is 10.1 Å². The van der Waals surface area contributed by atoms with Gasteiger partial charge in [-0.3, -0.25) is 14.9 Å². The lowest BCUT2D eigenvalue weighted by atomic mass is 10.2. The summed E-state index contributed by atoms with van der Waals surface area (Å²) >= 11 is 7.29. The second kappa shape index (κ2) is 8.20. The van der Waals surface area contributed by atoms with Gasteiger partial charge in [-0.2, -0.15) is 0 Å². The smallest absolute Gasteiger partial charge is 0.271 e. The van der Waals surface area contributed by atoms with Crippen LogP contribution in [0.5, 0.6) is 5.75 Å². The number of rotatable bonds is 6. The number of anilines is 1. The fourth-order valence-corrected chi connectivity index (χ4v) is 3.29. The molecule has 3 rings (SSSR count). The lowest BCUT2D eigenvalue weighted by Crippen LogP contribution is -2.10. The largest absolute Gasteiger partial charge is 0.489 e. The molecule has 0 aliphatic heterocycles. The van der Waals surface area contributed by atoms with Gasteiger partial charge >= 0.3 is 0 Å². The molecule has 0 saturated heterocycles. The molecule has 0 radical (unpaired) electrons. The average Bonchev–Trinajstić information content (AvgIpc) is 3.12. The fourth-order valence-electron chi connectivity index (χ4n) is 2.27. The first-order valence-electron chi connectivity index (χ1n) is 7.94. The third-order valence-electron chi connectivity index (χ3n) is 3.72. The van der Waals surface area contributed by atoms with E-state index in [1.54, 1.807) is 6.07 Å². The van der Waals surface area contributed by atoms with Crippen molar-refractivity contribution in [1.82, 2.24) is 0 Å². The topological polar surface area (TPSA) is 81.5 Å². The first-order chi connectivity index (χ1) is 12.9. The van der Waals surface area contributed by atoms with Crippen LogP contribution in [0, 0.1) is 17.0 Å². The van der Waals surface area contributed by atoms with Crippen molar-refractivity contribution in [1.29, 1.82) is 0 Å². The van der Waals surface area contributed by atoms with Crippen molar-refractivity contribution in [2.24, 2.45) is 0 Å². The van der Waals surface area contributed by atoms with E-state index in [4.69, 9.17) is 16.3 Å². The van der Waals surface area contributed by atoms with E-state index in [0.717, 1.165) is 16.9 Å². The van der Waals surface area contributed by atoms with Gasteiger partial charge < -0.3 is 10.1 Å². The molecule has 1 aromatic heterocycles. The number of ether oxygens (including phenoxy) is 1. The Balaban J connectivity index is 1.63. The second-order valence-electron chi connectivity index (χ2n) is 5.80. The van der Waals surface area contributed by atoms with Gasteiger partial charge in [-0.1, -0.05) is 29.3 Å². The maximum atomic E-state index is 12.4. The predicted molar refractivity (Wildman–Crippen MR) is 106 cm³/mol. The Labute approximate surface area is 164 Å². The zero-order valence-electron chi connectivity index (χ0n) is 14.3. The third-order valence-corrected chi connectivity index (χ3v) is 5.01. The summed E-state index contributed by atoms with van der Waals surface area (Å²) in [6.45, 7) is 2.36. The number of hydrogen-bond acceptors (Lipinski definition) is 5. The average molecular weight is 403 g/mol. The van der Waals surface area contributed by atoms with Crippen LogP contribution in [0.1, 0.15) is 20.8 Å². The maximum Gasteiger partial charge on any atom is 0.271 e. The lowest BCUT2D eigenvalue weighted by molar-refractivity contribution is -0.384. The van der Waals surface area contributed by atoms with Gasteiger partial charge in [0.1, 0.15) is 12.4 Å². The summed E-state index contributed by atoms with van der Waals surface area (Å²) in [7, 11) is 0. The number of nitro groups is 1. The van der Waals surface area contributed by atoms with Crippen LogP contribution in [0.3, 0.4) is 0 Å². The number of nitrogens with one attached hydrogen (secondary N) is 1. The minimum absolute atomic E-state index is 0.108. The van der Waals surface area contributed by atoms with Gasteiger partial charge in [-0.25, -0.2) is 0 Å². The molecular weight excluding hydrogens is 388 g/mol. The highest BCUT2D eigenvalue weighted by molar-refractivity contribution is 7.12. The van der Waals surface area contributed by atoms with Crippen molar-refractivity contribution in [3.8, 4) is 5.75 Å². The van der Waals surface area contributed by atoms with Gasteiger partial charge in [-0.15, -0.1) is 11.3 Å². The van der Waals surface area contributed by atoms with Crippen molar-refractivity contribution in [2.45, 2.75) is 13.5 Å².